The molecule has 0 radical (unpaired) electrons. The zero-order valence-corrected chi connectivity index (χ0v) is 9.49. The molecule has 3 atom stereocenters. The summed E-state index contributed by atoms with van der Waals surface area (Å²) < 4.78 is 13.0. The van der Waals surface area contributed by atoms with Crippen molar-refractivity contribution in [3.05, 3.63) is 35.6 Å². The van der Waals surface area contributed by atoms with E-state index in [2.05, 4.69) is 12.2 Å². The number of hydrogen-bond donors (Lipinski definition) is 2. The molecule has 0 spiro atoms. The number of halogens is 1. The van der Waals surface area contributed by atoms with E-state index in [1.165, 1.54) is 12.1 Å². The Hall–Kier alpha value is -0.930. The van der Waals surface area contributed by atoms with Gasteiger partial charge in [0.05, 0.1) is 6.10 Å². The van der Waals surface area contributed by atoms with Gasteiger partial charge in [0.1, 0.15) is 5.82 Å². The van der Waals surface area contributed by atoms with Gasteiger partial charge in [-0.2, -0.15) is 0 Å². The van der Waals surface area contributed by atoms with Crippen LogP contribution in [0.2, 0.25) is 0 Å². The summed E-state index contributed by atoms with van der Waals surface area (Å²) in [5.74, 6) is -0.291. The first kappa shape index (κ1) is 11.6. The van der Waals surface area contributed by atoms with Gasteiger partial charge in [-0.25, -0.2) is 4.39 Å². The van der Waals surface area contributed by atoms with Crippen LogP contribution in [-0.4, -0.2) is 17.2 Å². The maximum atomic E-state index is 13.0. The number of rotatable bonds is 4. The third-order valence-electron chi connectivity index (χ3n) is 3.20. The fourth-order valence-corrected chi connectivity index (χ4v) is 2.28. The summed E-state index contributed by atoms with van der Waals surface area (Å²) in [6.45, 7) is 2.15. The molecule has 1 saturated heterocycles. The van der Waals surface area contributed by atoms with Gasteiger partial charge >= 0.3 is 0 Å². The Morgan fingerprint density at radius 3 is 2.94 bits per heavy atom. The summed E-state index contributed by atoms with van der Waals surface area (Å²) in [5.41, 5.74) is 0.660. The van der Waals surface area contributed by atoms with Crippen molar-refractivity contribution in [2.45, 2.75) is 44.4 Å². The largest absolute Gasteiger partial charge is 0.387 e. The normalized spacial score (nSPS) is 26.2. The molecule has 1 fully saturated rings. The molecule has 0 unspecified atom stereocenters. The quantitative estimate of drug-likeness (QED) is 0.821. The van der Waals surface area contributed by atoms with Gasteiger partial charge in [-0.3, -0.25) is 0 Å². The van der Waals surface area contributed by atoms with Crippen LogP contribution in [0.4, 0.5) is 4.39 Å². The third kappa shape index (κ3) is 2.42. The lowest BCUT2D eigenvalue weighted by Gasteiger charge is -2.40. The molecule has 0 amide bonds. The number of hydrogen-bond acceptors (Lipinski definition) is 2. The molecule has 0 aromatic heterocycles. The molecule has 0 aliphatic carbocycles. The molecule has 1 aliphatic heterocycles. The molecule has 1 aliphatic rings. The van der Waals surface area contributed by atoms with Crippen LogP contribution in [0.25, 0.3) is 0 Å². The zero-order valence-electron chi connectivity index (χ0n) is 9.49. The lowest BCUT2D eigenvalue weighted by Crippen LogP contribution is -2.55. The van der Waals surface area contributed by atoms with E-state index in [1.54, 1.807) is 12.1 Å². The maximum absolute atomic E-state index is 13.0. The second-order valence-corrected chi connectivity index (χ2v) is 4.49. The summed E-state index contributed by atoms with van der Waals surface area (Å²) in [5, 5.41) is 13.3. The highest BCUT2D eigenvalue weighted by atomic mass is 19.1. The predicted molar refractivity (Wildman–Crippen MR) is 61.6 cm³/mol. The standard InChI is InChI=1S/C13H18FNO/c1-2-4-11-8-12(15-11)13(16)9-5-3-6-10(14)7-9/h3,5-7,11-13,15-16H,2,4,8H2,1H3/t11-,12-,13-/m0/s1. The summed E-state index contributed by atoms with van der Waals surface area (Å²) in [7, 11) is 0. The van der Waals surface area contributed by atoms with E-state index in [4.69, 9.17) is 0 Å². The molecule has 1 heterocycles. The van der Waals surface area contributed by atoms with E-state index in [9.17, 15) is 9.50 Å². The molecule has 1 aromatic rings. The van der Waals surface area contributed by atoms with Crippen LogP contribution in [-0.2, 0) is 0 Å². The van der Waals surface area contributed by atoms with Crippen molar-refractivity contribution in [1.82, 2.24) is 5.32 Å². The first-order valence-electron chi connectivity index (χ1n) is 5.90. The highest BCUT2D eigenvalue weighted by Gasteiger charge is 2.33. The first-order chi connectivity index (χ1) is 7.70. The van der Waals surface area contributed by atoms with Crippen LogP contribution in [0.3, 0.4) is 0 Å². The topological polar surface area (TPSA) is 32.3 Å². The SMILES string of the molecule is CCC[C@H]1C[C@@H]([C@@H](O)c2cccc(F)c2)N1. The van der Waals surface area contributed by atoms with Crippen LogP contribution in [0, 0.1) is 5.82 Å². The van der Waals surface area contributed by atoms with Gasteiger partial charge in [0.2, 0.25) is 0 Å². The van der Waals surface area contributed by atoms with Gasteiger partial charge in [-0.15, -0.1) is 0 Å². The Morgan fingerprint density at radius 1 is 1.56 bits per heavy atom. The monoisotopic (exact) mass is 223 g/mol. The fourth-order valence-electron chi connectivity index (χ4n) is 2.28. The van der Waals surface area contributed by atoms with Crippen molar-refractivity contribution in [1.29, 1.82) is 0 Å². The Labute approximate surface area is 95.5 Å². The number of nitrogens with one attached hydrogen (secondary N) is 1. The van der Waals surface area contributed by atoms with Crippen molar-refractivity contribution < 1.29 is 9.50 Å². The lowest BCUT2D eigenvalue weighted by molar-refractivity contribution is 0.0673. The van der Waals surface area contributed by atoms with Crippen LogP contribution in [0.5, 0.6) is 0 Å². The number of aliphatic hydroxyl groups is 1. The van der Waals surface area contributed by atoms with Crippen molar-refractivity contribution in [2.75, 3.05) is 0 Å². The minimum absolute atomic E-state index is 0.0818. The van der Waals surface area contributed by atoms with Gasteiger partial charge in [-0.1, -0.05) is 25.5 Å². The lowest BCUT2D eigenvalue weighted by atomic mass is 9.87. The van der Waals surface area contributed by atoms with Crippen molar-refractivity contribution >= 4 is 0 Å². The molecule has 1 aromatic carbocycles. The van der Waals surface area contributed by atoms with Crippen molar-refractivity contribution in [3.8, 4) is 0 Å². The molecule has 3 heteroatoms. The average Bonchev–Trinajstić information content (AvgIpc) is 2.22. The predicted octanol–water partition coefficient (Wildman–Crippen LogP) is 2.39. The van der Waals surface area contributed by atoms with E-state index in [1.807, 2.05) is 0 Å². The summed E-state index contributed by atoms with van der Waals surface area (Å²) in [4.78, 5) is 0. The van der Waals surface area contributed by atoms with Gasteiger partial charge in [0, 0.05) is 12.1 Å². The van der Waals surface area contributed by atoms with E-state index in [-0.39, 0.29) is 11.9 Å². The van der Waals surface area contributed by atoms with E-state index in [0.717, 1.165) is 19.3 Å². The number of aliphatic hydroxyl groups excluding tert-OH is 1. The second-order valence-electron chi connectivity index (χ2n) is 4.49. The smallest absolute Gasteiger partial charge is 0.123 e. The molecular weight excluding hydrogens is 205 g/mol. The minimum atomic E-state index is -0.594. The molecule has 2 nitrogen and oxygen atoms in total. The highest BCUT2D eigenvalue weighted by Crippen LogP contribution is 2.28. The molecule has 16 heavy (non-hydrogen) atoms. The Balaban J connectivity index is 1.92. The zero-order chi connectivity index (χ0) is 11.5. The van der Waals surface area contributed by atoms with Gasteiger partial charge < -0.3 is 10.4 Å². The Morgan fingerprint density at radius 2 is 2.31 bits per heavy atom. The Kier molecular flexibility index (Phi) is 3.56. The summed E-state index contributed by atoms with van der Waals surface area (Å²) >= 11 is 0. The van der Waals surface area contributed by atoms with Crippen LogP contribution in [0.15, 0.2) is 24.3 Å². The van der Waals surface area contributed by atoms with Crippen molar-refractivity contribution in [3.63, 3.8) is 0 Å². The molecule has 88 valence electrons. The molecule has 0 saturated carbocycles. The molecule has 2 rings (SSSR count). The van der Waals surface area contributed by atoms with E-state index < -0.39 is 6.10 Å². The van der Waals surface area contributed by atoms with E-state index in [0.29, 0.717) is 11.6 Å². The van der Waals surface area contributed by atoms with Gasteiger partial charge in [0.15, 0.2) is 0 Å². The van der Waals surface area contributed by atoms with Gasteiger partial charge in [-0.05, 0) is 30.5 Å². The van der Waals surface area contributed by atoms with Crippen LogP contribution in [0.1, 0.15) is 37.9 Å². The first-order valence-corrected chi connectivity index (χ1v) is 5.90. The van der Waals surface area contributed by atoms with Crippen LogP contribution >= 0.6 is 0 Å². The molecular formula is C13H18FNO. The van der Waals surface area contributed by atoms with Crippen LogP contribution < -0.4 is 5.32 Å². The maximum Gasteiger partial charge on any atom is 0.123 e. The van der Waals surface area contributed by atoms with Crippen molar-refractivity contribution in [2.24, 2.45) is 0 Å². The summed E-state index contributed by atoms with van der Waals surface area (Å²) in [6, 6.07) is 6.80. The Bertz CT molecular complexity index is 350. The second kappa shape index (κ2) is 4.93. The minimum Gasteiger partial charge on any atom is -0.387 e. The number of benzene rings is 1. The molecule has 2 N–H and O–H groups in total. The van der Waals surface area contributed by atoms with E-state index >= 15 is 0 Å². The summed E-state index contributed by atoms with van der Waals surface area (Å²) in [6.07, 6.45) is 2.68. The third-order valence-corrected chi connectivity index (χ3v) is 3.20. The fraction of sp³-hybridized carbons (Fsp3) is 0.538. The van der Waals surface area contributed by atoms with Gasteiger partial charge in [0.25, 0.3) is 0 Å². The molecule has 0 bridgehead atoms. The average molecular weight is 223 g/mol. The highest BCUT2D eigenvalue weighted by molar-refractivity contribution is 5.21.